The summed E-state index contributed by atoms with van der Waals surface area (Å²) in [4.78, 5) is 11.1. The Labute approximate surface area is 107 Å². The van der Waals surface area contributed by atoms with Crippen LogP contribution in [0.3, 0.4) is 0 Å². The molecule has 18 heavy (non-hydrogen) atoms. The zero-order chi connectivity index (χ0) is 12.5. The lowest BCUT2D eigenvalue weighted by Crippen LogP contribution is -2.38. The molecule has 0 radical (unpaired) electrons. The number of nitrogens with one attached hydrogen (secondary N) is 2. The van der Waals surface area contributed by atoms with Gasteiger partial charge in [-0.3, -0.25) is 4.79 Å². The summed E-state index contributed by atoms with van der Waals surface area (Å²) >= 11 is 0. The molecule has 2 heterocycles. The van der Waals surface area contributed by atoms with Gasteiger partial charge in [0.05, 0.1) is 0 Å². The summed E-state index contributed by atoms with van der Waals surface area (Å²) in [6.45, 7) is 3.63. The SMILES string of the molecule is Cc1ccc2c(c1)CC(CNC1CNC(=O)C1)O2. The summed E-state index contributed by atoms with van der Waals surface area (Å²) in [6.07, 6.45) is 1.73. The second kappa shape index (κ2) is 4.61. The lowest BCUT2D eigenvalue weighted by Gasteiger charge is -2.15. The molecule has 1 amide bonds. The van der Waals surface area contributed by atoms with Gasteiger partial charge in [-0.25, -0.2) is 0 Å². The van der Waals surface area contributed by atoms with Crippen LogP contribution in [-0.2, 0) is 11.2 Å². The Morgan fingerprint density at radius 1 is 1.44 bits per heavy atom. The lowest BCUT2D eigenvalue weighted by atomic mass is 10.1. The number of hydrogen-bond donors (Lipinski definition) is 2. The minimum atomic E-state index is 0.138. The van der Waals surface area contributed by atoms with E-state index in [1.165, 1.54) is 11.1 Å². The van der Waals surface area contributed by atoms with Crippen LogP contribution in [0.1, 0.15) is 17.5 Å². The van der Waals surface area contributed by atoms with Gasteiger partial charge in [0.1, 0.15) is 11.9 Å². The summed E-state index contributed by atoms with van der Waals surface area (Å²) in [5.41, 5.74) is 2.57. The third kappa shape index (κ3) is 2.34. The Kier molecular flexibility index (Phi) is 2.96. The van der Waals surface area contributed by atoms with Crippen LogP contribution in [0.2, 0.25) is 0 Å². The molecule has 2 unspecified atom stereocenters. The number of carbonyl (C=O) groups excluding carboxylic acids is 1. The molecule has 2 atom stereocenters. The molecule has 0 aliphatic carbocycles. The number of aryl methyl sites for hydroxylation is 1. The zero-order valence-electron chi connectivity index (χ0n) is 10.5. The van der Waals surface area contributed by atoms with Crippen molar-refractivity contribution in [1.82, 2.24) is 10.6 Å². The van der Waals surface area contributed by atoms with Crippen molar-refractivity contribution in [3.05, 3.63) is 29.3 Å². The average Bonchev–Trinajstić information content (AvgIpc) is 2.92. The monoisotopic (exact) mass is 246 g/mol. The minimum absolute atomic E-state index is 0.138. The van der Waals surface area contributed by atoms with Gasteiger partial charge >= 0.3 is 0 Å². The van der Waals surface area contributed by atoms with Crippen molar-refractivity contribution in [2.45, 2.75) is 31.9 Å². The van der Waals surface area contributed by atoms with Crippen LogP contribution < -0.4 is 15.4 Å². The van der Waals surface area contributed by atoms with Crippen LogP contribution in [0.25, 0.3) is 0 Å². The molecule has 96 valence electrons. The maximum atomic E-state index is 11.1. The van der Waals surface area contributed by atoms with E-state index in [0.717, 1.165) is 25.3 Å². The molecule has 1 fully saturated rings. The second-order valence-corrected chi connectivity index (χ2v) is 5.17. The molecule has 2 N–H and O–H groups in total. The van der Waals surface area contributed by atoms with E-state index in [4.69, 9.17) is 4.74 Å². The van der Waals surface area contributed by atoms with Gasteiger partial charge in [0.15, 0.2) is 0 Å². The number of amides is 1. The molecule has 0 bridgehead atoms. The van der Waals surface area contributed by atoms with Gasteiger partial charge in [0.2, 0.25) is 5.91 Å². The van der Waals surface area contributed by atoms with Crippen LogP contribution in [0.15, 0.2) is 18.2 Å². The normalized spacial score (nSPS) is 25.7. The van der Waals surface area contributed by atoms with E-state index < -0.39 is 0 Å². The van der Waals surface area contributed by atoms with Crippen molar-refractivity contribution in [1.29, 1.82) is 0 Å². The fraction of sp³-hybridized carbons (Fsp3) is 0.500. The molecule has 2 aliphatic heterocycles. The van der Waals surface area contributed by atoms with E-state index in [0.29, 0.717) is 6.42 Å². The molecule has 0 aromatic heterocycles. The predicted molar refractivity (Wildman–Crippen MR) is 68.7 cm³/mol. The maximum absolute atomic E-state index is 11.1. The first-order chi connectivity index (χ1) is 8.70. The maximum Gasteiger partial charge on any atom is 0.221 e. The Balaban J connectivity index is 1.53. The zero-order valence-corrected chi connectivity index (χ0v) is 10.5. The first-order valence-corrected chi connectivity index (χ1v) is 6.47. The van der Waals surface area contributed by atoms with E-state index in [9.17, 15) is 4.79 Å². The highest BCUT2D eigenvalue weighted by Gasteiger charge is 2.26. The molecule has 4 heteroatoms. The largest absolute Gasteiger partial charge is 0.488 e. The molecule has 2 aliphatic rings. The van der Waals surface area contributed by atoms with Crippen LogP contribution in [-0.4, -0.2) is 31.1 Å². The molecule has 0 saturated carbocycles. The summed E-state index contributed by atoms with van der Waals surface area (Å²) in [5, 5.41) is 6.22. The topological polar surface area (TPSA) is 50.4 Å². The molecule has 1 saturated heterocycles. The first kappa shape index (κ1) is 11.5. The van der Waals surface area contributed by atoms with Crippen molar-refractivity contribution < 1.29 is 9.53 Å². The third-order valence-electron chi connectivity index (χ3n) is 3.57. The number of carbonyl (C=O) groups is 1. The van der Waals surface area contributed by atoms with E-state index in [-0.39, 0.29) is 18.1 Å². The number of rotatable bonds is 3. The van der Waals surface area contributed by atoms with Gasteiger partial charge in [0, 0.05) is 32.0 Å². The van der Waals surface area contributed by atoms with E-state index >= 15 is 0 Å². The summed E-state index contributed by atoms with van der Waals surface area (Å²) in [6, 6.07) is 6.57. The Hall–Kier alpha value is -1.55. The minimum Gasteiger partial charge on any atom is -0.488 e. The van der Waals surface area contributed by atoms with Crippen LogP contribution in [0.4, 0.5) is 0 Å². The number of benzene rings is 1. The van der Waals surface area contributed by atoms with Gasteiger partial charge in [0.25, 0.3) is 0 Å². The molecular weight excluding hydrogens is 228 g/mol. The summed E-state index contributed by atoms with van der Waals surface area (Å²) in [7, 11) is 0. The molecule has 3 rings (SSSR count). The number of hydrogen-bond acceptors (Lipinski definition) is 3. The molecule has 1 aromatic rings. The fourth-order valence-electron chi connectivity index (χ4n) is 2.61. The van der Waals surface area contributed by atoms with Crippen LogP contribution in [0, 0.1) is 6.92 Å². The standard InChI is InChI=1S/C14H18N2O2/c1-9-2-3-13-10(4-9)5-12(18-13)8-15-11-6-14(17)16-7-11/h2-4,11-12,15H,5-8H2,1H3,(H,16,17). The number of fused-ring (bicyclic) bond motifs is 1. The third-order valence-corrected chi connectivity index (χ3v) is 3.57. The van der Waals surface area contributed by atoms with Crippen molar-refractivity contribution in [2.24, 2.45) is 0 Å². The average molecular weight is 246 g/mol. The number of ether oxygens (including phenoxy) is 1. The highest BCUT2D eigenvalue weighted by molar-refractivity contribution is 5.78. The molecule has 1 aromatic carbocycles. The fourth-order valence-corrected chi connectivity index (χ4v) is 2.61. The van der Waals surface area contributed by atoms with Crippen LogP contribution >= 0.6 is 0 Å². The van der Waals surface area contributed by atoms with Gasteiger partial charge < -0.3 is 15.4 Å². The smallest absolute Gasteiger partial charge is 0.221 e. The first-order valence-electron chi connectivity index (χ1n) is 6.47. The predicted octanol–water partition coefficient (Wildman–Crippen LogP) is 0.777. The van der Waals surface area contributed by atoms with Gasteiger partial charge in [-0.1, -0.05) is 17.7 Å². The van der Waals surface area contributed by atoms with Crippen LogP contribution in [0.5, 0.6) is 5.75 Å². The van der Waals surface area contributed by atoms with Crippen molar-refractivity contribution in [3.63, 3.8) is 0 Å². The quantitative estimate of drug-likeness (QED) is 0.828. The van der Waals surface area contributed by atoms with Crippen molar-refractivity contribution >= 4 is 5.91 Å². The highest BCUT2D eigenvalue weighted by atomic mass is 16.5. The summed E-state index contributed by atoms with van der Waals surface area (Å²) < 4.78 is 5.88. The van der Waals surface area contributed by atoms with E-state index in [1.54, 1.807) is 0 Å². The lowest BCUT2D eigenvalue weighted by molar-refractivity contribution is -0.119. The Bertz CT molecular complexity index is 473. The molecule has 0 spiro atoms. The Morgan fingerprint density at radius 2 is 2.33 bits per heavy atom. The van der Waals surface area contributed by atoms with E-state index in [2.05, 4.69) is 29.7 Å². The van der Waals surface area contributed by atoms with Gasteiger partial charge in [-0.15, -0.1) is 0 Å². The second-order valence-electron chi connectivity index (χ2n) is 5.17. The van der Waals surface area contributed by atoms with Crippen molar-refractivity contribution in [2.75, 3.05) is 13.1 Å². The molecule has 4 nitrogen and oxygen atoms in total. The van der Waals surface area contributed by atoms with E-state index in [1.807, 2.05) is 6.07 Å². The van der Waals surface area contributed by atoms with Crippen molar-refractivity contribution in [3.8, 4) is 5.75 Å². The molecular formula is C14H18N2O2. The summed E-state index contributed by atoms with van der Waals surface area (Å²) in [5.74, 6) is 1.15. The Morgan fingerprint density at radius 3 is 3.11 bits per heavy atom. The highest BCUT2D eigenvalue weighted by Crippen LogP contribution is 2.29. The van der Waals surface area contributed by atoms with Gasteiger partial charge in [-0.2, -0.15) is 0 Å². The van der Waals surface area contributed by atoms with Gasteiger partial charge in [-0.05, 0) is 18.6 Å².